The lowest BCUT2D eigenvalue weighted by molar-refractivity contribution is -0.131. The van der Waals surface area contributed by atoms with Gasteiger partial charge in [0.1, 0.15) is 0 Å². The number of rotatable bonds is 5. The van der Waals surface area contributed by atoms with Gasteiger partial charge in [0.15, 0.2) is 0 Å². The molecule has 3 heteroatoms. The van der Waals surface area contributed by atoms with Crippen molar-refractivity contribution in [1.82, 2.24) is 4.90 Å². The fourth-order valence-electron chi connectivity index (χ4n) is 3.14. The van der Waals surface area contributed by atoms with E-state index in [1.807, 2.05) is 62.5 Å². The molecule has 1 amide bonds. The molecule has 2 atom stereocenters. The minimum Gasteiger partial charge on any atom is -0.343 e. The van der Waals surface area contributed by atoms with Crippen LogP contribution in [-0.2, 0) is 4.79 Å². The molecule has 128 valence electrons. The first kappa shape index (κ1) is 17.2. The molecule has 1 unspecified atom stereocenters. The van der Waals surface area contributed by atoms with Gasteiger partial charge in [-0.3, -0.25) is 4.79 Å². The van der Waals surface area contributed by atoms with E-state index in [0.29, 0.717) is 6.54 Å². The Morgan fingerprint density at radius 2 is 1.56 bits per heavy atom. The second kappa shape index (κ2) is 7.49. The van der Waals surface area contributed by atoms with Crippen LogP contribution < -0.4 is 5.73 Å². The Morgan fingerprint density at radius 3 is 2.28 bits per heavy atom. The molecule has 3 aromatic carbocycles. The van der Waals surface area contributed by atoms with Gasteiger partial charge < -0.3 is 10.6 Å². The molecule has 3 aromatic rings. The first-order valence-corrected chi connectivity index (χ1v) is 8.60. The highest BCUT2D eigenvalue weighted by molar-refractivity contribution is 5.84. The maximum absolute atomic E-state index is 12.7. The zero-order chi connectivity index (χ0) is 17.8. The number of likely N-dealkylation sites (N-methyl/N-ethyl adjacent to an activating group) is 1. The van der Waals surface area contributed by atoms with E-state index < -0.39 is 0 Å². The summed E-state index contributed by atoms with van der Waals surface area (Å²) in [6.07, 6.45) is 0. The Balaban J connectivity index is 1.70. The smallest absolute Gasteiger partial charge is 0.229 e. The molecule has 2 N–H and O–H groups in total. The number of nitrogens with zero attached hydrogens (tertiary/aromatic N) is 1. The SMILES string of the molecule is C[C@@H](C(=O)N(C)CC(N)c1ccc2ccccc2c1)c1ccccc1. The van der Waals surface area contributed by atoms with Crippen molar-refractivity contribution in [1.29, 1.82) is 0 Å². The topological polar surface area (TPSA) is 46.3 Å². The largest absolute Gasteiger partial charge is 0.343 e. The highest BCUT2D eigenvalue weighted by Gasteiger charge is 2.21. The van der Waals surface area contributed by atoms with Gasteiger partial charge in [-0.1, -0.05) is 66.7 Å². The van der Waals surface area contributed by atoms with Crippen molar-refractivity contribution in [2.24, 2.45) is 5.73 Å². The van der Waals surface area contributed by atoms with Crippen LogP contribution in [0.3, 0.4) is 0 Å². The van der Waals surface area contributed by atoms with Crippen LogP contribution in [0.1, 0.15) is 30.0 Å². The van der Waals surface area contributed by atoms with E-state index in [0.717, 1.165) is 11.1 Å². The van der Waals surface area contributed by atoms with Gasteiger partial charge >= 0.3 is 0 Å². The standard InChI is InChI=1S/C22H24N2O/c1-16(17-8-4-3-5-9-17)22(25)24(2)15-21(23)20-13-12-18-10-6-7-11-19(18)14-20/h3-14,16,21H,15,23H2,1-2H3/t16-,21?/m1/s1. The van der Waals surface area contributed by atoms with Gasteiger partial charge in [0.05, 0.1) is 5.92 Å². The maximum Gasteiger partial charge on any atom is 0.229 e. The van der Waals surface area contributed by atoms with Crippen LogP contribution in [0.25, 0.3) is 10.8 Å². The summed E-state index contributed by atoms with van der Waals surface area (Å²) in [6.45, 7) is 2.43. The fraction of sp³-hybridized carbons (Fsp3) is 0.227. The molecule has 3 nitrogen and oxygen atoms in total. The highest BCUT2D eigenvalue weighted by atomic mass is 16.2. The molecule has 0 aliphatic rings. The van der Waals surface area contributed by atoms with Crippen molar-refractivity contribution >= 4 is 16.7 Å². The molecular weight excluding hydrogens is 308 g/mol. The minimum absolute atomic E-state index is 0.0856. The molecule has 3 rings (SSSR count). The summed E-state index contributed by atoms with van der Waals surface area (Å²) in [5, 5.41) is 2.36. The van der Waals surface area contributed by atoms with Crippen molar-refractivity contribution in [2.75, 3.05) is 13.6 Å². The van der Waals surface area contributed by atoms with E-state index in [4.69, 9.17) is 5.73 Å². The van der Waals surface area contributed by atoms with E-state index in [1.54, 1.807) is 4.90 Å². The highest BCUT2D eigenvalue weighted by Crippen LogP contribution is 2.21. The summed E-state index contributed by atoms with van der Waals surface area (Å²) >= 11 is 0. The molecule has 0 heterocycles. The van der Waals surface area contributed by atoms with Crippen LogP contribution >= 0.6 is 0 Å². The molecule has 0 radical (unpaired) electrons. The first-order valence-electron chi connectivity index (χ1n) is 8.60. The van der Waals surface area contributed by atoms with E-state index in [-0.39, 0.29) is 17.9 Å². The van der Waals surface area contributed by atoms with Gasteiger partial charge in [-0.2, -0.15) is 0 Å². The molecule has 0 bridgehead atoms. The van der Waals surface area contributed by atoms with Crippen molar-refractivity contribution in [3.8, 4) is 0 Å². The van der Waals surface area contributed by atoms with Gasteiger partial charge in [-0.15, -0.1) is 0 Å². The number of amides is 1. The number of carbonyl (C=O) groups is 1. The number of hydrogen-bond acceptors (Lipinski definition) is 2. The zero-order valence-electron chi connectivity index (χ0n) is 14.7. The number of fused-ring (bicyclic) bond motifs is 1. The lowest BCUT2D eigenvalue weighted by atomic mass is 9.99. The molecule has 25 heavy (non-hydrogen) atoms. The zero-order valence-corrected chi connectivity index (χ0v) is 14.7. The van der Waals surface area contributed by atoms with E-state index in [9.17, 15) is 4.79 Å². The Hall–Kier alpha value is -2.65. The molecule has 0 aliphatic carbocycles. The van der Waals surface area contributed by atoms with E-state index >= 15 is 0 Å². The van der Waals surface area contributed by atoms with Crippen LogP contribution in [0.5, 0.6) is 0 Å². The Kier molecular flexibility index (Phi) is 5.15. The molecule has 0 saturated heterocycles. The maximum atomic E-state index is 12.7. The Bertz CT molecular complexity index is 860. The van der Waals surface area contributed by atoms with Gasteiger partial charge in [-0.25, -0.2) is 0 Å². The summed E-state index contributed by atoms with van der Waals surface area (Å²) in [5.41, 5.74) is 8.44. The quantitative estimate of drug-likeness (QED) is 0.764. The van der Waals surface area contributed by atoms with Crippen molar-refractivity contribution in [3.63, 3.8) is 0 Å². The third kappa shape index (κ3) is 3.89. The molecule has 0 spiro atoms. The van der Waals surface area contributed by atoms with Crippen LogP contribution in [-0.4, -0.2) is 24.4 Å². The summed E-state index contributed by atoms with van der Waals surface area (Å²) in [6, 6.07) is 24.1. The summed E-state index contributed by atoms with van der Waals surface area (Å²) in [5.74, 6) is -0.0857. The average molecular weight is 332 g/mol. The van der Waals surface area contributed by atoms with Gasteiger partial charge in [0.2, 0.25) is 5.91 Å². The number of benzene rings is 3. The monoisotopic (exact) mass is 332 g/mol. The first-order chi connectivity index (χ1) is 12.1. The number of nitrogens with two attached hydrogens (primary N) is 1. The molecule has 0 fully saturated rings. The molecule has 0 saturated carbocycles. The van der Waals surface area contributed by atoms with Gasteiger partial charge in [0, 0.05) is 19.6 Å². The predicted molar refractivity (Wildman–Crippen MR) is 103 cm³/mol. The van der Waals surface area contributed by atoms with Crippen LogP contribution in [0.4, 0.5) is 0 Å². The Morgan fingerprint density at radius 1 is 0.920 bits per heavy atom. The predicted octanol–water partition coefficient (Wildman–Crippen LogP) is 4.10. The number of carbonyl (C=O) groups excluding carboxylic acids is 1. The lowest BCUT2D eigenvalue weighted by Gasteiger charge is -2.25. The van der Waals surface area contributed by atoms with Crippen LogP contribution in [0.15, 0.2) is 72.8 Å². The van der Waals surface area contributed by atoms with Gasteiger partial charge in [-0.05, 0) is 34.9 Å². The lowest BCUT2D eigenvalue weighted by Crippen LogP contribution is -2.36. The summed E-state index contributed by atoms with van der Waals surface area (Å²) in [7, 11) is 1.82. The van der Waals surface area contributed by atoms with Crippen LogP contribution in [0.2, 0.25) is 0 Å². The van der Waals surface area contributed by atoms with Crippen molar-refractivity contribution < 1.29 is 4.79 Å². The second-order valence-corrected chi connectivity index (χ2v) is 6.56. The van der Waals surface area contributed by atoms with E-state index in [2.05, 4.69) is 24.3 Å². The fourth-order valence-corrected chi connectivity index (χ4v) is 3.14. The summed E-state index contributed by atoms with van der Waals surface area (Å²) in [4.78, 5) is 14.4. The normalized spacial score (nSPS) is 13.4. The van der Waals surface area contributed by atoms with Crippen molar-refractivity contribution in [3.05, 3.63) is 83.9 Å². The molecule has 0 aliphatic heterocycles. The number of hydrogen-bond donors (Lipinski definition) is 1. The van der Waals surface area contributed by atoms with Crippen molar-refractivity contribution in [2.45, 2.75) is 18.9 Å². The minimum atomic E-state index is -0.207. The van der Waals surface area contributed by atoms with Crippen LogP contribution in [0, 0.1) is 0 Å². The van der Waals surface area contributed by atoms with E-state index in [1.165, 1.54) is 10.8 Å². The van der Waals surface area contributed by atoms with Gasteiger partial charge in [0.25, 0.3) is 0 Å². The third-order valence-corrected chi connectivity index (χ3v) is 4.72. The average Bonchev–Trinajstić information content (AvgIpc) is 2.67. The molecular formula is C22H24N2O. The second-order valence-electron chi connectivity index (χ2n) is 6.56. The summed E-state index contributed by atoms with van der Waals surface area (Å²) < 4.78 is 0. The Labute approximate surface area is 149 Å². The molecule has 0 aromatic heterocycles. The third-order valence-electron chi connectivity index (χ3n) is 4.72.